The summed E-state index contributed by atoms with van der Waals surface area (Å²) in [6, 6.07) is 1.19. The number of hydrogen-bond acceptors (Lipinski definition) is 3. The van der Waals surface area contributed by atoms with Gasteiger partial charge in [0.05, 0.1) is 0 Å². The van der Waals surface area contributed by atoms with Crippen LogP contribution in [0.25, 0.3) is 0 Å². The fourth-order valence-electron chi connectivity index (χ4n) is 3.62. The topological polar surface area (TPSA) is 41.6 Å². The second kappa shape index (κ2) is 6.39. The number of hydrogen-bond donors (Lipinski definition) is 1. The minimum atomic E-state index is -0.411. The summed E-state index contributed by atoms with van der Waals surface area (Å²) in [6.45, 7) is 12.7. The number of carbonyl (C=O) groups excluding carboxylic acids is 1. The Morgan fingerprint density at radius 1 is 1.48 bits per heavy atom. The highest BCUT2D eigenvalue weighted by Gasteiger charge is 2.49. The Kier molecular flexibility index (Phi) is 4.97. The van der Waals surface area contributed by atoms with E-state index in [1.165, 1.54) is 0 Å². The van der Waals surface area contributed by atoms with Gasteiger partial charge in [0.2, 0.25) is 0 Å². The molecule has 0 aromatic rings. The maximum Gasteiger partial charge on any atom is 0.410 e. The summed E-state index contributed by atoms with van der Waals surface area (Å²) in [5.41, 5.74) is -0.411. The Balaban J connectivity index is 1.89. The monoisotopic (exact) mass is 294 g/mol. The highest BCUT2D eigenvalue weighted by Crippen LogP contribution is 2.42. The highest BCUT2D eigenvalue weighted by atomic mass is 16.6. The van der Waals surface area contributed by atoms with Gasteiger partial charge in [-0.2, -0.15) is 0 Å². The van der Waals surface area contributed by atoms with Crippen LogP contribution in [0.15, 0.2) is 12.7 Å². The van der Waals surface area contributed by atoms with Crippen LogP contribution >= 0.6 is 0 Å². The van der Waals surface area contributed by atoms with Gasteiger partial charge in [0, 0.05) is 24.7 Å². The maximum absolute atomic E-state index is 12.4. The first-order chi connectivity index (χ1) is 9.81. The van der Waals surface area contributed by atoms with Gasteiger partial charge < -0.3 is 15.0 Å². The summed E-state index contributed by atoms with van der Waals surface area (Å²) in [5.74, 6) is 0.559. The van der Waals surface area contributed by atoms with Gasteiger partial charge in [-0.3, -0.25) is 0 Å². The summed E-state index contributed by atoms with van der Waals surface area (Å²) in [4.78, 5) is 14.4. The molecule has 0 saturated carbocycles. The summed E-state index contributed by atoms with van der Waals surface area (Å²) in [6.07, 6.45) is 6.16. The second-order valence-electron chi connectivity index (χ2n) is 7.52. The molecular formula is C17H30N2O2. The molecule has 4 atom stereocenters. The van der Waals surface area contributed by atoms with E-state index >= 15 is 0 Å². The first-order valence-electron chi connectivity index (χ1n) is 8.17. The fourth-order valence-corrected chi connectivity index (χ4v) is 3.62. The van der Waals surface area contributed by atoms with Crippen molar-refractivity contribution in [3.63, 3.8) is 0 Å². The van der Waals surface area contributed by atoms with Crippen LogP contribution in [0, 0.1) is 5.92 Å². The average molecular weight is 294 g/mol. The third kappa shape index (κ3) is 4.00. The molecule has 0 aromatic carbocycles. The van der Waals surface area contributed by atoms with Crippen molar-refractivity contribution in [3.8, 4) is 0 Å². The molecule has 2 saturated heterocycles. The molecule has 4 heteroatoms. The molecule has 1 amide bonds. The Labute approximate surface area is 128 Å². The zero-order valence-corrected chi connectivity index (χ0v) is 13.9. The molecule has 0 spiro atoms. The van der Waals surface area contributed by atoms with Crippen LogP contribution in [0.1, 0.15) is 53.4 Å². The molecule has 1 N–H and O–H groups in total. The van der Waals surface area contributed by atoms with Crippen LogP contribution < -0.4 is 5.32 Å². The Hall–Kier alpha value is -1.03. The predicted octanol–water partition coefficient (Wildman–Crippen LogP) is 3.33. The summed E-state index contributed by atoms with van der Waals surface area (Å²) in [5, 5.41) is 3.57. The quantitative estimate of drug-likeness (QED) is 0.791. The van der Waals surface area contributed by atoms with Crippen LogP contribution in [0.5, 0.6) is 0 Å². The van der Waals surface area contributed by atoms with E-state index in [1.54, 1.807) is 0 Å². The van der Waals surface area contributed by atoms with Crippen molar-refractivity contribution in [2.45, 2.75) is 77.1 Å². The third-order valence-electron chi connectivity index (χ3n) is 4.52. The number of nitrogens with one attached hydrogen (secondary N) is 1. The van der Waals surface area contributed by atoms with Gasteiger partial charge in [0.15, 0.2) is 0 Å². The van der Waals surface area contributed by atoms with Gasteiger partial charge in [-0.15, -0.1) is 6.58 Å². The summed E-state index contributed by atoms with van der Waals surface area (Å²) < 4.78 is 5.57. The first kappa shape index (κ1) is 16.3. The molecule has 2 bridgehead atoms. The van der Waals surface area contributed by atoms with Crippen molar-refractivity contribution in [3.05, 3.63) is 12.7 Å². The lowest BCUT2D eigenvalue weighted by atomic mass is 9.89. The molecule has 4 nitrogen and oxygen atoms in total. The highest BCUT2D eigenvalue weighted by molar-refractivity contribution is 5.70. The van der Waals surface area contributed by atoms with Crippen molar-refractivity contribution >= 4 is 6.09 Å². The third-order valence-corrected chi connectivity index (χ3v) is 4.52. The van der Waals surface area contributed by atoms with Crippen molar-refractivity contribution in [2.24, 2.45) is 5.92 Å². The molecular weight excluding hydrogens is 264 g/mol. The van der Waals surface area contributed by atoms with Gasteiger partial charge >= 0.3 is 6.09 Å². The van der Waals surface area contributed by atoms with E-state index in [1.807, 2.05) is 31.7 Å². The van der Waals surface area contributed by atoms with Crippen LogP contribution in [-0.2, 0) is 4.74 Å². The molecule has 21 heavy (non-hydrogen) atoms. The Morgan fingerprint density at radius 2 is 2.19 bits per heavy atom. The number of rotatable bonds is 5. The number of nitrogens with zero attached hydrogens (tertiary/aromatic N) is 1. The Bertz CT molecular complexity index is 389. The normalized spacial score (nSPS) is 29.5. The largest absolute Gasteiger partial charge is 0.444 e. The van der Waals surface area contributed by atoms with Crippen LogP contribution in [0.3, 0.4) is 0 Å². The molecule has 4 unspecified atom stereocenters. The average Bonchev–Trinajstić information content (AvgIpc) is 2.91. The fraction of sp³-hybridized carbons (Fsp3) is 0.824. The number of carbonyl (C=O) groups is 1. The van der Waals surface area contributed by atoms with Gasteiger partial charge in [0.1, 0.15) is 5.60 Å². The summed E-state index contributed by atoms with van der Waals surface area (Å²) >= 11 is 0. The van der Waals surface area contributed by atoms with Crippen LogP contribution in [0.2, 0.25) is 0 Å². The van der Waals surface area contributed by atoms with E-state index in [4.69, 9.17) is 4.74 Å². The van der Waals surface area contributed by atoms with E-state index in [-0.39, 0.29) is 6.09 Å². The van der Waals surface area contributed by atoms with Gasteiger partial charge in [-0.1, -0.05) is 6.08 Å². The maximum atomic E-state index is 12.4. The SMILES string of the molecule is C=CCC(C)NCC1CC2CCC1N2C(=O)OC(C)(C)C. The minimum Gasteiger partial charge on any atom is -0.444 e. The Morgan fingerprint density at radius 3 is 2.81 bits per heavy atom. The standard InChI is InChI=1S/C17H30N2O2/c1-6-7-12(2)18-11-13-10-14-8-9-15(13)19(14)16(20)21-17(3,4)5/h6,12-15,18H,1,7-11H2,2-5H3. The van der Waals surface area contributed by atoms with Crippen molar-refractivity contribution < 1.29 is 9.53 Å². The molecule has 2 rings (SSSR count). The first-order valence-corrected chi connectivity index (χ1v) is 8.17. The van der Waals surface area contributed by atoms with Gasteiger partial charge in [-0.05, 0) is 59.3 Å². The molecule has 0 radical (unpaired) electrons. The van der Waals surface area contributed by atoms with Crippen molar-refractivity contribution in [2.75, 3.05) is 6.54 Å². The van der Waals surface area contributed by atoms with E-state index in [9.17, 15) is 4.79 Å². The minimum absolute atomic E-state index is 0.128. The van der Waals surface area contributed by atoms with Crippen LogP contribution in [0.4, 0.5) is 4.79 Å². The van der Waals surface area contributed by atoms with Crippen molar-refractivity contribution in [1.29, 1.82) is 0 Å². The van der Waals surface area contributed by atoms with E-state index in [0.717, 1.165) is 32.2 Å². The van der Waals surface area contributed by atoms with Gasteiger partial charge in [0.25, 0.3) is 0 Å². The van der Waals surface area contributed by atoms with E-state index in [2.05, 4.69) is 18.8 Å². The number of amides is 1. The second-order valence-corrected chi connectivity index (χ2v) is 7.52. The molecule has 2 aliphatic rings. The lowest BCUT2D eigenvalue weighted by Crippen LogP contribution is -2.42. The van der Waals surface area contributed by atoms with Gasteiger partial charge in [-0.25, -0.2) is 4.79 Å². The molecule has 0 aliphatic carbocycles. The molecule has 2 fully saturated rings. The van der Waals surface area contributed by atoms with E-state index in [0.29, 0.717) is 24.0 Å². The molecule has 0 aromatic heterocycles. The zero-order valence-electron chi connectivity index (χ0n) is 13.9. The zero-order chi connectivity index (χ0) is 15.6. The molecule has 2 aliphatic heterocycles. The van der Waals surface area contributed by atoms with Crippen LogP contribution in [-0.4, -0.2) is 41.3 Å². The predicted molar refractivity (Wildman–Crippen MR) is 85.3 cm³/mol. The number of fused-ring (bicyclic) bond motifs is 2. The lowest BCUT2D eigenvalue weighted by Gasteiger charge is -2.28. The smallest absolute Gasteiger partial charge is 0.410 e. The van der Waals surface area contributed by atoms with E-state index < -0.39 is 5.60 Å². The summed E-state index contributed by atoms with van der Waals surface area (Å²) in [7, 11) is 0. The number of ether oxygens (including phenoxy) is 1. The molecule has 2 heterocycles. The molecule has 120 valence electrons. The lowest BCUT2D eigenvalue weighted by molar-refractivity contribution is 0.0205. The van der Waals surface area contributed by atoms with Crippen molar-refractivity contribution in [1.82, 2.24) is 10.2 Å².